The number of hydrogen-bond donors (Lipinski definition) is 2. The lowest BCUT2D eigenvalue weighted by atomic mass is 9.92. The summed E-state index contributed by atoms with van der Waals surface area (Å²) in [5, 5.41) is 6.90. The summed E-state index contributed by atoms with van der Waals surface area (Å²) in [5.41, 5.74) is 3.72. The minimum atomic E-state index is -1.74. The monoisotopic (exact) mass is 386 g/mol. The van der Waals surface area contributed by atoms with Crippen molar-refractivity contribution in [3.05, 3.63) is 58.9 Å². The van der Waals surface area contributed by atoms with E-state index in [1.807, 2.05) is 12.1 Å². The molecule has 3 rings (SSSR count). The van der Waals surface area contributed by atoms with Gasteiger partial charge in [-0.05, 0) is 40.4 Å². The number of halogens is 1. The molecule has 0 bridgehead atoms. The SMILES string of the molecule is COCc1ccc2c(c1)CCNC2C(=O)Nc1ccc([Si](C)(C)C)c(F)c1. The van der Waals surface area contributed by atoms with E-state index in [1.165, 1.54) is 6.07 Å². The van der Waals surface area contributed by atoms with Gasteiger partial charge in [-0.15, -0.1) is 0 Å². The first-order chi connectivity index (χ1) is 12.8. The number of nitrogens with one attached hydrogen (secondary N) is 2. The van der Waals surface area contributed by atoms with Crippen molar-refractivity contribution in [2.75, 3.05) is 19.0 Å². The lowest BCUT2D eigenvalue weighted by Crippen LogP contribution is -2.40. The van der Waals surface area contributed by atoms with Crippen LogP contribution in [0.1, 0.15) is 22.7 Å². The lowest BCUT2D eigenvalue weighted by molar-refractivity contribution is -0.118. The van der Waals surface area contributed by atoms with Crippen molar-refractivity contribution in [1.29, 1.82) is 0 Å². The van der Waals surface area contributed by atoms with Gasteiger partial charge in [-0.3, -0.25) is 4.79 Å². The summed E-state index contributed by atoms with van der Waals surface area (Å²) in [7, 11) is -0.0726. The maximum Gasteiger partial charge on any atom is 0.246 e. The Morgan fingerprint density at radius 2 is 2.04 bits per heavy atom. The van der Waals surface area contributed by atoms with Crippen molar-refractivity contribution in [1.82, 2.24) is 5.32 Å². The van der Waals surface area contributed by atoms with Crippen LogP contribution >= 0.6 is 0 Å². The predicted molar refractivity (Wildman–Crippen MR) is 110 cm³/mol. The van der Waals surface area contributed by atoms with Crippen LogP contribution in [0.25, 0.3) is 0 Å². The molecule has 0 fully saturated rings. The maximum absolute atomic E-state index is 14.5. The van der Waals surface area contributed by atoms with E-state index < -0.39 is 14.1 Å². The van der Waals surface area contributed by atoms with Crippen molar-refractivity contribution in [3.63, 3.8) is 0 Å². The Morgan fingerprint density at radius 3 is 2.70 bits per heavy atom. The molecule has 144 valence electrons. The van der Waals surface area contributed by atoms with Crippen LogP contribution in [0, 0.1) is 5.82 Å². The number of fused-ring (bicyclic) bond motifs is 1. The number of rotatable bonds is 5. The highest BCUT2D eigenvalue weighted by atomic mass is 28.3. The number of benzene rings is 2. The molecule has 0 radical (unpaired) electrons. The normalized spacial score (nSPS) is 16.7. The highest BCUT2D eigenvalue weighted by molar-refractivity contribution is 6.88. The first-order valence-corrected chi connectivity index (χ1v) is 12.7. The molecule has 0 spiro atoms. The zero-order valence-corrected chi connectivity index (χ0v) is 17.4. The van der Waals surface area contributed by atoms with E-state index in [4.69, 9.17) is 4.74 Å². The molecule has 27 heavy (non-hydrogen) atoms. The second kappa shape index (κ2) is 7.92. The van der Waals surface area contributed by atoms with E-state index in [0.717, 1.165) is 34.8 Å². The van der Waals surface area contributed by atoms with Crippen LogP contribution < -0.4 is 15.8 Å². The highest BCUT2D eigenvalue weighted by Gasteiger charge is 2.27. The van der Waals surface area contributed by atoms with Gasteiger partial charge in [0, 0.05) is 19.3 Å². The van der Waals surface area contributed by atoms with E-state index in [0.29, 0.717) is 12.3 Å². The van der Waals surface area contributed by atoms with Gasteiger partial charge in [-0.2, -0.15) is 0 Å². The molecule has 1 amide bonds. The summed E-state index contributed by atoms with van der Waals surface area (Å²) >= 11 is 0. The van der Waals surface area contributed by atoms with E-state index in [2.05, 4.69) is 36.3 Å². The molecule has 0 aromatic heterocycles. The van der Waals surface area contributed by atoms with Crippen LogP contribution in [0.2, 0.25) is 19.6 Å². The van der Waals surface area contributed by atoms with Crippen LogP contribution in [0.5, 0.6) is 0 Å². The number of carbonyl (C=O) groups is 1. The number of methoxy groups -OCH3 is 1. The fourth-order valence-electron chi connectivity index (χ4n) is 3.52. The molecular weight excluding hydrogens is 359 g/mol. The van der Waals surface area contributed by atoms with Gasteiger partial charge in [0.05, 0.1) is 14.7 Å². The quantitative estimate of drug-likeness (QED) is 0.775. The average molecular weight is 387 g/mol. The van der Waals surface area contributed by atoms with Crippen molar-refractivity contribution in [3.8, 4) is 0 Å². The van der Waals surface area contributed by atoms with E-state index >= 15 is 0 Å². The van der Waals surface area contributed by atoms with Crippen LogP contribution in [-0.2, 0) is 22.6 Å². The van der Waals surface area contributed by atoms with Crippen molar-refractivity contribution >= 4 is 24.9 Å². The molecule has 0 saturated heterocycles. The van der Waals surface area contributed by atoms with Gasteiger partial charge in [0.15, 0.2) is 0 Å². The second-order valence-electron chi connectivity index (χ2n) is 8.04. The molecule has 1 heterocycles. The lowest BCUT2D eigenvalue weighted by Gasteiger charge is -2.27. The molecule has 1 aliphatic rings. The maximum atomic E-state index is 14.5. The third kappa shape index (κ3) is 4.46. The molecule has 1 unspecified atom stereocenters. The average Bonchev–Trinajstić information content (AvgIpc) is 2.60. The third-order valence-corrected chi connectivity index (χ3v) is 6.90. The van der Waals surface area contributed by atoms with Gasteiger partial charge in [0.2, 0.25) is 5.91 Å². The standard InChI is InChI=1S/C21H27FN2O2Si/c1-26-13-14-5-7-17-15(11-14)9-10-23-20(17)21(25)24-16-6-8-19(18(22)12-16)27(2,3)4/h5-8,11-12,20,23H,9-10,13H2,1-4H3,(H,24,25). The fraction of sp³-hybridized carbons (Fsp3) is 0.381. The summed E-state index contributed by atoms with van der Waals surface area (Å²) in [5.74, 6) is -0.413. The van der Waals surface area contributed by atoms with Crippen LogP contribution in [-0.4, -0.2) is 27.6 Å². The Morgan fingerprint density at radius 1 is 1.26 bits per heavy atom. The Balaban J connectivity index is 1.79. The predicted octanol–water partition coefficient (Wildman–Crippen LogP) is 3.34. The summed E-state index contributed by atoms with van der Waals surface area (Å²) < 4.78 is 19.6. The molecule has 1 aliphatic heterocycles. The molecular formula is C21H27FN2O2Si. The van der Waals surface area contributed by atoms with Gasteiger partial charge in [0.25, 0.3) is 0 Å². The molecule has 4 nitrogen and oxygen atoms in total. The smallest absolute Gasteiger partial charge is 0.246 e. The van der Waals surface area contributed by atoms with Gasteiger partial charge in [-0.1, -0.05) is 43.9 Å². The van der Waals surface area contributed by atoms with Gasteiger partial charge in [0.1, 0.15) is 11.9 Å². The Bertz CT molecular complexity index is 849. The van der Waals surface area contributed by atoms with Crippen molar-refractivity contribution < 1.29 is 13.9 Å². The highest BCUT2D eigenvalue weighted by Crippen LogP contribution is 2.26. The molecule has 6 heteroatoms. The van der Waals surface area contributed by atoms with Gasteiger partial charge >= 0.3 is 0 Å². The number of hydrogen-bond acceptors (Lipinski definition) is 3. The number of carbonyl (C=O) groups excluding carboxylic acids is 1. The summed E-state index contributed by atoms with van der Waals surface area (Å²) in [6.45, 7) is 7.59. The van der Waals surface area contributed by atoms with E-state index in [1.54, 1.807) is 19.2 Å². The van der Waals surface area contributed by atoms with Crippen molar-refractivity contribution in [2.45, 2.75) is 38.7 Å². The zero-order valence-electron chi connectivity index (χ0n) is 16.4. The number of amides is 1. The number of anilines is 1. The Labute approximate surface area is 161 Å². The van der Waals surface area contributed by atoms with E-state index in [9.17, 15) is 9.18 Å². The second-order valence-corrected chi connectivity index (χ2v) is 13.1. The zero-order chi connectivity index (χ0) is 19.6. The summed E-state index contributed by atoms with van der Waals surface area (Å²) in [6, 6.07) is 10.6. The van der Waals surface area contributed by atoms with Gasteiger partial charge in [-0.25, -0.2) is 4.39 Å². The number of ether oxygens (including phenoxy) is 1. The van der Waals surface area contributed by atoms with Gasteiger partial charge < -0.3 is 15.4 Å². The largest absolute Gasteiger partial charge is 0.380 e. The third-order valence-electron chi connectivity index (χ3n) is 4.88. The molecule has 0 aliphatic carbocycles. The topological polar surface area (TPSA) is 50.4 Å². The minimum Gasteiger partial charge on any atom is -0.380 e. The van der Waals surface area contributed by atoms with E-state index in [-0.39, 0.29) is 11.7 Å². The van der Waals surface area contributed by atoms with Crippen LogP contribution in [0.4, 0.5) is 10.1 Å². The molecule has 2 aromatic carbocycles. The molecule has 2 N–H and O–H groups in total. The molecule has 0 saturated carbocycles. The molecule has 2 aromatic rings. The summed E-state index contributed by atoms with van der Waals surface area (Å²) in [6.07, 6.45) is 0.871. The van der Waals surface area contributed by atoms with Crippen LogP contribution in [0.3, 0.4) is 0 Å². The molecule has 1 atom stereocenters. The Kier molecular flexibility index (Phi) is 5.79. The summed E-state index contributed by atoms with van der Waals surface area (Å²) in [4.78, 5) is 12.8. The minimum absolute atomic E-state index is 0.171. The first-order valence-electron chi connectivity index (χ1n) is 9.24. The Hall–Kier alpha value is -2.02. The fourth-order valence-corrected chi connectivity index (χ4v) is 4.90. The van der Waals surface area contributed by atoms with Crippen LogP contribution in [0.15, 0.2) is 36.4 Å². The van der Waals surface area contributed by atoms with Crippen molar-refractivity contribution in [2.24, 2.45) is 0 Å². The first kappa shape index (κ1) is 19.7.